The molecule has 1 aliphatic heterocycles. The van der Waals surface area contributed by atoms with Crippen LogP contribution in [0.25, 0.3) is 11.0 Å². The third-order valence-corrected chi connectivity index (χ3v) is 5.11. The summed E-state index contributed by atoms with van der Waals surface area (Å²) in [4.78, 5) is 61.0. The van der Waals surface area contributed by atoms with Crippen LogP contribution in [0, 0.1) is 17.0 Å². The molecule has 4 rings (SSSR count). The number of amides is 3. The Morgan fingerprint density at radius 2 is 1.87 bits per heavy atom. The maximum atomic E-state index is 12.8. The molecule has 0 spiro atoms. The van der Waals surface area contributed by atoms with Gasteiger partial charge < -0.3 is 9.73 Å². The second-order valence-electron chi connectivity index (χ2n) is 7.06. The average Bonchev–Trinajstić information content (AvgIpc) is 2.97. The Bertz CT molecular complexity index is 1360. The Balaban J connectivity index is 1.62. The molecule has 31 heavy (non-hydrogen) atoms. The molecule has 0 aliphatic carbocycles. The van der Waals surface area contributed by atoms with Crippen LogP contribution >= 0.6 is 0 Å². The quantitative estimate of drug-likeness (QED) is 0.295. The summed E-state index contributed by atoms with van der Waals surface area (Å²) < 4.78 is 5.15. The zero-order valence-corrected chi connectivity index (χ0v) is 16.4. The Morgan fingerprint density at radius 3 is 2.58 bits per heavy atom. The van der Waals surface area contributed by atoms with Gasteiger partial charge in [0.15, 0.2) is 0 Å². The molecule has 10 heteroatoms. The second-order valence-corrected chi connectivity index (χ2v) is 7.06. The van der Waals surface area contributed by atoms with Crippen molar-refractivity contribution in [2.75, 3.05) is 5.32 Å². The molecule has 0 bridgehead atoms. The molecule has 3 amide bonds. The molecule has 0 fully saturated rings. The highest BCUT2D eigenvalue weighted by atomic mass is 16.6. The molecule has 10 nitrogen and oxygen atoms in total. The number of anilines is 1. The predicted molar refractivity (Wildman–Crippen MR) is 109 cm³/mol. The van der Waals surface area contributed by atoms with E-state index in [2.05, 4.69) is 5.32 Å². The predicted octanol–water partition coefficient (Wildman–Crippen LogP) is 2.63. The van der Waals surface area contributed by atoms with Crippen molar-refractivity contribution in [3.05, 3.63) is 79.7 Å². The lowest BCUT2D eigenvalue weighted by atomic mass is 10.1. The molecular formula is C21H15N3O7. The average molecular weight is 421 g/mol. The van der Waals surface area contributed by atoms with Crippen molar-refractivity contribution in [1.29, 1.82) is 0 Å². The fraction of sp³-hybridized carbons (Fsp3) is 0.143. The van der Waals surface area contributed by atoms with Gasteiger partial charge in [-0.1, -0.05) is 6.07 Å². The van der Waals surface area contributed by atoms with Gasteiger partial charge in [0, 0.05) is 29.3 Å². The van der Waals surface area contributed by atoms with Crippen molar-refractivity contribution < 1.29 is 23.7 Å². The van der Waals surface area contributed by atoms with Crippen LogP contribution in [-0.2, 0) is 4.79 Å². The lowest BCUT2D eigenvalue weighted by molar-refractivity contribution is -0.385. The topological polar surface area (TPSA) is 140 Å². The van der Waals surface area contributed by atoms with E-state index in [1.807, 2.05) is 0 Å². The molecule has 2 heterocycles. The van der Waals surface area contributed by atoms with Crippen LogP contribution in [0.1, 0.15) is 33.2 Å². The highest BCUT2D eigenvalue weighted by Crippen LogP contribution is 2.32. The number of nitro benzene ring substituents is 1. The number of hydrogen-bond donors (Lipinski definition) is 1. The molecule has 0 saturated heterocycles. The normalized spacial score (nSPS) is 13.9. The van der Waals surface area contributed by atoms with Crippen LogP contribution in [0.3, 0.4) is 0 Å². The van der Waals surface area contributed by atoms with Crippen molar-refractivity contribution >= 4 is 40.1 Å². The number of carbonyl (C=O) groups excluding carboxylic acids is 3. The number of nitrogens with zero attached hydrogens (tertiary/aromatic N) is 2. The first-order valence-electron chi connectivity index (χ1n) is 9.19. The number of aryl methyl sites for hydroxylation is 1. The van der Waals surface area contributed by atoms with Crippen LogP contribution in [0.4, 0.5) is 11.4 Å². The molecule has 2 aromatic carbocycles. The summed E-state index contributed by atoms with van der Waals surface area (Å²) in [7, 11) is 0. The maximum absolute atomic E-state index is 12.8. The Labute approximate surface area is 174 Å². The number of fused-ring (bicyclic) bond motifs is 2. The fourth-order valence-electron chi connectivity index (χ4n) is 3.56. The summed E-state index contributed by atoms with van der Waals surface area (Å²) in [6, 6.07) is 8.57. The Kier molecular flexibility index (Phi) is 4.61. The first-order chi connectivity index (χ1) is 14.7. The third kappa shape index (κ3) is 3.23. The van der Waals surface area contributed by atoms with Crippen molar-refractivity contribution in [2.24, 2.45) is 0 Å². The van der Waals surface area contributed by atoms with E-state index in [0.717, 1.165) is 6.07 Å². The third-order valence-electron chi connectivity index (χ3n) is 5.11. The number of carbonyl (C=O) groups is 3. The first-order valence-corrected chi connectivity index (χ1v) is 9.19. The van der Waals surface area contributed by atoms with Crippen molar-refractivity contribution in [1.82, 2.24) is 4.90 Å². The van der Waals surface area contributed by atoms with Crippen LogP contribution in [-0.4, -0.2) is 33.6 Å². The van der Waals surface area contributed by atoms with E-state index in [4.69, 9.17) is 4.42 Å². The molecule has 156 valence electrons. The van der Waals surface area contributed by atoms with Crippen molar-refractivity contribution in [2.45, 2.75) is 19.9 Å². The standard InChI is InChI=1S/C21H15N3O7/c1-10-8-17(25)31-16-9-12(6-7-13(10)16)22-19(26)11(2)23-20(27)14-4-3-5-15(24(29)30)18(14)21(23)28/h3-9,11H,1-2H3,(H,22,26)/t11-/m0/s1. The van der Waals surface area contributed by atoms with Crippen LogP contribution in [0.15, 0.2) is 51.7 Å². The molecule has 1 aromatic heterocycles. The minimum Gasteiger partial charge on any atom is -0.423 e. The van der Waals surface area contributed by atoms with Crippen LogP contribution in [0.2, 0.25) is 0 Å². The second kappa shape index (κ2) is 7.17. The smallest absolute Gasteiger partial charge is 0.336 e. The molecule has 1 N–H and O–H groups in total. The minimum atomic E-state index is -1.24. The molecule has 0 radical (unpaired) electrons. The van der Waals surface area contributed by atoms with E-state index in [1.165, 1.54) is 31.2 Å². The lowest BCUT2D eigenvalue weighted by Crippen LogP contribution is -2.45. The number of nitrogens with one attached hydrogen (secondary N) is 1. The van der Waals surface area contributed by atoms with Gasteiger partial charge in [0.25, 0.3) is 17.5 Å². The van der Waals surface area contributed by atoms with Gasteiger partial charge >= 0.3 is 5.63 Å². The summed E-state index contributed by atoms with van der Waals surface area (Å²) in [5.41, 5.74) is -0.208. The van der Waals surface area contributed by atoms with Gasteiger partial charge in [0.1, 0.15) is 17.2 Å². The lowest BCUT2D eigenvalue weighted by Gasteiger charge is -2.21. The number of imide groups is 1. The summed E-state index contributed by atoms with van der Waals surface area (Å²) in [5, 5.41) is 14.5. The minimum absolute atomic E-state index is 0.123. The van der Waals surface area contributed by atoms with Gasteiger partial charge in [-0.2, -0.15) is 0 Å². The maximum Gasteiger partial charge on any atom is 0.336 e. The van der Waals surface area contributed by atoms with Crippen molar-refractivity contribution in [3.8, 4) is 0 Å². The molecule has 1 atom stereocenters. The van der Waals surface area contributed by atoms with E-state index in [-0.39, 0.29) is 16.7 Å². The number of hydrogen-bond acceptors (Lipinski definition) is 7. The Hall–Kier alpha value is -4.34. The van der Waals surface area contributed by atoms with Gasteiger partial charge in [0.2, 0.25) is 5.91 Å². The summed E-state index contributed by atoms with van der Waals surface area (Å²) >= 11 is 0. The first kappa shape index (κ1) is 20.0. The zero-order valence-electron chi connectivity index (χ0n) is 16.4. The molecule has 1 aliphatic rings. The van der Waals surface area contributed by atoms with Crippen LogP contribution in [0.5, 0.6) is 0 Å². The van der Waals surface area contributed by atoms with Gasteiger partial charge in [-0.3, -0.25) is 29.4 Å². The summed E-state index contributed by atoms with van der Waals surface area (Å²) in [5.74, 6) is -2.38. The highest BCUT2D eigenvalue weighted by molar-refractivity contribution is 6.24. The van der Waals surface area contributed by atoms with E-state index in [9.17, 15) is 29.3 Å². The Morgan fingerprint density at radius 1 is 1.13 bits per heavy atom. The van der Waals surface area contributed by atoms with E-state index in [1.54, 1.807) is 19.1 Å². The highest BCUT2D eigenvalue weighted by Gasteiger charge is 2.44. The fourth-order valence-corrected chi connectivity index (χ4v) is 3.56. The molecular weight excluding hydrogens is 406 g/mol. The van der Waals surface area contributed by atoms with Gasteiger partial charge in [-0.05, 0) is 37.6 Å². The summed E-state index contributed by atoms with van der Waals surface area (Å²) in [6.07, 6.45) is 0. The van der Waals surface area contributed by atoms with Crippen LogP contribution < -0.4 is 10.9 Å². The van der Waals surface area contributed by atoms with E-state index < -0.39 is 40.0 Å². The molecule has 3 aromatic rings. The summed E-state index contributed by atoms with van der Waals surface area (Å²) in [6.45, 7) is 3.09. The molecule has 0 unspecified atom stereocenters. The largest absolute Gasteiger partial charge is 0.423 e. The van der Waals surface area contributed by atoms with E-state index in [0.29, 0.717) is 21.5 Å². The monoisotopic (exact) mass is 421 g/mol. The zero-order chi connectivity index (χ0) is 22.4. The number of rotatable bonds is 4. The number of nitro groups is 1. The molecule has 0 saturated carbocycles. The van der Waals surface area contributed by atoms with Crippen molar-refractivity contribution in [3.63, 3.8) is 0 Å². The SMILES string of the molecule is Cc1cc(=O)oc2cc(NC(=O)[C@H](C)N3C(=O)c4cccc([N+](=O)[O-])c4C3=O)ccc12. The van der Waals surface area contributed by atoms with Gasteiger partial charge in [0.05, 0.1) is 10.5 Å². The number of benzene rings is 2. The van der Waals surface area contributed by atoms with E-state index >= 15 is 0 Å². The van der Waals surface area contributed by atoms with Gasteiger partial charge in [-0.15, -0.1) is 0 Å². The van der Waals surface area contributed by atoms with Gasteiger partial charge in [-0.25, -0.2) is 4.79 Å².